The van der Waals surface area contributed by atoms with Gasteiger partial charge in [0.2, 0.25) is 0 Å². The van der Waals surface area contributed by atoms with Gasteiger partial charge in [-0.25, -0.2) is 4.79 Å². The first kappa shape index (κ1) is 18.4. The fraction of sp³-hybridized carbons (Fsp3) is 0.611. The number of amides is 2. The maximum atomic E-state index is 12.9. The van der Waals surface area contributed by atoms with Gasteiger partial charge in [-0.2, -0.15) is 11.8 Å². The SMILES string of the molecule is COc1ccccc1NC(=O)N1CCCSCC1CN1CCOCC1. The molecular weight excluding hydrogens is 338 g/mol. The molecule has 0 aromatic heterocycles. The Morgan fingerprint density at radius 2 is 2.12 bits per heavy atom. The number of methoxy groups -OCH3 is 1. The highest BCUT2D eigenvalue weighted by atomic mass is 32.2. The van der Waals surface area contributed by atoms with E-state index in [1.54, 1.807) is 7.11 Å². The summed E-state index contributed by atoms with van der Waals surface area (Å²) < 4.78 is 10.8. The van der Waals surface area contributed by atoms with Gasteiger partial charge >= 0.3 is 6.03 Å². The van der Waals surface area contributed by atoms with Crippen LogP contribution in [0.15, 0.2) is 24.3 Å². The number of nitrogens with zero attached hydrogens (tertiary/aromatic N) is 2. The second-order valence-corrected chi connectivity index (χ2v) is 7.47. The number of hydrogen-bond acceptors (Lipinski definition) is 5. The molecule has 0 saturated carbocycles. The zero-order valence-electron chi connectivity index (χ0n) is 14.8. The molecular formula is C18H27N3O3S. The van der Waals surface area contributed by atoms with Crippen molar-refractivity contribution in [3.8, 4) is 5.75 Å². The van der Waals surface area contributed by atoms with E-state index in [9.17, 15) is 4.79 Å². The van der Waals surface area contributed by atoms with Crippen molar-refractivity contribution in [3.05, 3.63) is 24.3 Å². The van der Waals surface area contributed by atoms with Gasteiger partial charge in [-0.1, -0.05) is 12.1 Å². The number of benzene rings is 1. The van der Waals surface area contributed by atoms with E-state index in [2.05, 4.69) is 10.2 Å². The van der Waals surface area contributed by atoms with E-state index in [-0.39, 0.29) is 12.1 Å². The van der Waals surface area contributed by atoms with Gasteiger partial charge < -0.3 is 19.7 Å². The summed E-state index contributed by atoms with van der Waals surface area (Å²) >= 11 is 1.94. The Balaban J connectivity index is 1.68. The monoisotopic (exact) mass is 365 g/mol. The van der Waals surface area contributed by atoms with Crippen LogP contribution in [0, 0.1) is 0 Å². The second-order valence-electron chi connectivity index (χ2n) is 6.32. The molecule has 7 heteroatoms. The molecule has 1 aromatic rings. The lowest BCUT2D eigenvalue weighted by atomic mass is 10.2. The molecule has 2 amide bonds. The van der Waals surface area contributed by atoms with Crippen LogP contribution in [0.1, 0.15) is 6.42 Å². The summed E-state index contributed by atoms with van der Waals surface area (Å²) in [5.41, 5.74) is 0.719. The Labute approximate surface area is 153 Å². The molecule has 1 unspecified atom stereocenters. The fourth-order valence-corrected chi connectivity index (χ4v) is 4.32. The normalized spacial score (nSPS) is 22.3. The van der Waals surface area contributed by atoms with Crippen LogP contribution >= 0.6 is 11.8 Å². The predicted molar refractivity (Wildman–Crippen MR) is 102 cm³/mol. The number of urea groups is 1. The number of morpholine rings is 1. The number of para-hydroxylation sites is 2. The molecule has 1 atom stereocenters. The van der Waals surface area contributed by atoms with Crippen LogP contribution in [0.3, 0.4) is 0 Å². The van der Waals surface area contributed by atoms with Gasteiger partial charge in [-0.15, -0.1) is 0 Å². The minimum Gasteiger partial charge on any atom is -0.495 e. The van der Waals surface area contributed by atoms with Crippen LogP contribution in [-0.4, -0.2) is 79.9 Å². The molecule has 25 heavy (non-hydrogen) atoms. The highest BCUT2D eigenvalue weighted by Gasteiger charge is 2.28. The molecule has 1 aromatic carbocycles. The summed E-state index contributed by atoms with van der Waals surface area (Å²) in [6.45, 7) is 5.17. The highest BCUT2D eigenvalue weighted by Crippen LogP contribution is 2.25. The predicted octanol–water partition coefficient (Wildman–Crippen LogP) is 2.37. The van der Waals surface area contributed by atoms with Crippen LogP contribution < -0.4 is 10.1 Å². The molecule has 0 aliphatic carbocycles. The van der Waals surface area contributed by atoms with Gasteiger partial charge in [-0.3, -0.25) is 4.90 Å². The van der Waals surface area contributed by atoms with E-state index in [4.69, 9.17) is 9.47 Å². The number of carbonyl (C=O) groups is 1. The Hall–Kier alpha value is -1.44. The molecule has 2 heterocycles. The molecule has 3 rings (SSSR count). The first-order valence-electron chi connectivity index (χ1n) is 8.86. The van der Waals surface area contributed by atoms with Crippen molar-refractivity contribution >= 4 is 23.5 Å². The quantitative estimate of drug-likeness (QED) is 0.888. The first-order valence-corrected chi connectivity index (χ1v) is 10.0. The third-order valence-electron chi connectivity index (χ3n) is 4.62. The van der Waals surface area contributed by atoms with Gasteiger partial charge in [0, 0.05) is 31.9 Å². The number of nitrogens with one attached hydrogen (secondary N) is 1. The van der Waals surface area contributed by atoms with Gasteiger partial charge in [-0.05, 0) is 24.3 Å². The standard InChI is InChI=1S/C18H27N3O3S/c1-23-17-6-3-2-5-16(17)19-18(22)21-7-4-12-25-14-15(21)13-20-8-10-24-11-9-20/h2-3,5-6,15H,4,7-14H2,1H3,(H,19,22). The van der Waals surface area contributed by atoms with Crippen LogP contribution in [0.25, 0.3) is 0 Å². The van der Waals surface area contributed by atoms with Gasteiger partial charge in [0.25, 0.3) is 0 Å². The molecule has 6 nitrogen and oxygen atoms in total. The van der Waals surface area contributed by atoms with Crippen LogP contribution in [0.5, 0.6) is 5.75 Å². The van der Waals surface area contributed by atoms with Gasteiger partial charge in [0.05, 0.1) is 32.1 Å². The zero-order valence-corrected chi connectivity index (χ0v) is 15.6. The smallest absolute Gasteiger partial charge is 0.322 e. The van der Waals surface area contributed by atoms with Crippen LogP contribution in [0.2, 0.25) is 0 Å². The molecule has 2 saturated heterocycles. The summed E-state index contributed by atoms with van der Waals surface area (Å²) in [5, 5.41) is 3.04. The van der Waals surface area contributed by atoms with E-state index in [1.165, 1.54) is 0 Å². The molecule has 138 valence electrons. The highest BCUT2D eigenvalue weighted by molar-refractivity contribution is 7.99. The van der Waals surface area contributed by atoms with E-state index in [0.717, 1.165) is 63.0 Å². The average molecular weight is 365 g/mol. The van der Waals surface area contributed by atoms with E-state index < -0.39 is 0 Å². The summed E-state index contributed by atoms with van der Waals surface area (Å²) in [6.07, 6.45) is 1.03. The Morgan fingerprint density at radius 1 is 1.32 bits per heavy atom. The average Bonchev–Trinajstić information content (AvgIpc) is 2.88. The van der Waals surface area contributed by atoms with Crippen molar-refractivity contribution in [1.29, 1.82) is 0 Å². The summed E-state index contributed by atoms with van der Waals surface area (Å²) in [6, 6.07) is 7.73. The first-order chi connectivity index (χ1) is 12.3. The fourth-order valence-electron chi connectivity index (χ4n) is 3.26. The van der Waals surface area contributed by atoms with Gasteiger partial charge in [0.15, 0.2) is 0 Å². The second kappa shape index (κ2) is 9.31. The number of carbonyl (C=O) groups excluding carboxylic acids is 1. The third kappa shape index (κ3) is 5.03. The van der Waals surface area contributed by atoms with Crippen molar-refractivity contribution in [2.75, 3.05) is 63.3 Å². The van der Waals surface area contributed by atoms with Gasteiger partial charge in [0.1, 0.15) is 5.75 Å². The van der Waals surface area contributed by atoms with E-state index >= 15 is 0 Å². The molecule has 2 aliphatic heterocycles. The van der Waals surface area contributed by atoms with Crippen molar-refractivity contribution in [1.82, 2.24) is 9.80 Å². The molecule has 0 bridgehead atoms. The van der Waals surface area contributed by atoms with Crippen LogP contribution in [-0.2, 0) is 4.74 Å². The van der Waals surface area contributed by atoms with E-state index in [1.807, 2.05) is 40.9 Å². The summed E-state index contributed by atoms with van der Waals surface area (Å²) in [5.74, 6) is 2.78. The Kier molecular flexibility index (Phi) is 6.84. The maximum Gasteiger partial charge on any atom is 0.322 e. The minimum absolute atomic E-state index is 0.0368. The van der Waals surface area contributed by atoms with Crippen molar-refractivity contribution in [2.45, 2.75) is 12.5 Å². The number of rotatable bonds is 4. The lowest BCUT2D eigenvalue weighted by Crippen LogP contribution is -2.51. The van der Waals surface area contributed by atoms with Crippen molar-refractivity contribution < 1.29 is 14.3 Å². The Bertz CT molecular complexity index is 566. The lowest BCUT2D eigenvalue weighted by Gasteiger charge is -2.35. The molecule has 2 aliphatic rings. The largest absolute Gasteiger partial charge is 0.495 e. The maximum absolute atomic E-state index is 12.9. The molecule has 0 radical (unpaired) electrons. The molecule has 2 fully saturated rings. The van der Waals surface area contributed by atoms with Crippen LogP contribution in [0.4, 0.5) is 10.5 Å². The third-order valence-corrected chi connectivity index (χ3v) is 5.82. The van der Waals surface area contributed by atoms with Crippen molar-refractivity contribution in [3.63, 3.8) is 0 Å². The molecule has 1 N–H and O–H groups in total. The topological polar surface area (TPSA) is 54.0 Å². The number of hydrogen-bond donors (Lipinski definition) is 1. The Morgan fingerprint density at radius 3 is 2.92 bits per heavy atom. The van der Waals surface area contributed by atoms with Crippen molar-refractivity contribution in [2.24, 2.45) is 0 Å². The number of thioether (sulfide) groups is 1. The minimum atomic E-state index is -0.0368. The number of ether oxygens (including phenoxy) is 2. The lowest BCUT2D eigenvalue weighted by molar-refractivity contribution is 0.0288. The summed E-state index contributed by atoms with van der Waals surface area (Å²) in [4.78, 5) is 17.4. The van der Waals surface area contributed by atoms with E-state index in [0.29, 0.717) is 5.75 Å². The summed E-state index contributed by atoms with van der Waals surface area (Å²) in [7, 11) is 1.62. The zero-order chi connectivity index (χ0) is 17.5. The number of anilines is 1. The molecule has 0 spiro atoms.